The largest absolute Gasteiger partial charge is 0.247 e. The summed E-state index contributed by atoms with van der Waals surface area (Å²) in [5, 5.41) is 12.1. The van der Waals surface area contributed by atoms with E-state index in [4.69, 9.17) is 29.9 Å². The number of aromatic nitrogens is 6. The molecule has 0 spiro atoms. The van der Waals surface area contributed by atoms with E-state index in [1.807, 2.05) is 71.2 Å². The Balaban J connectivity index is 0.000000143. The second kappa shape index (κ2) is 27.4. The molecule has 8 heteroatoms. The van der Waals surface area contributed by atoms with E-state index in [-0.39, 0.29) is 0 Å². The Bertz CT molecular complexity index is 6940. The summed E-state index contributed by atoms with van der Waals surface area (Å²) in [5.41, 5.74) is 23.1. The lowest BCUT2D eigenvalue weighted by Crippen LogP contribution is -1.96. The first-order valence-corrected chi connectivity index (χ1v) is 37.9. The number of rotatable bonds is 11. The summed E-state index contributed by atoms with van der Waals surface area (Å²) in [6, 6.07) is 133. The zero-order chi connectivity index (χ0) is 71.4. The van der Waals surface area contributed by atoms with E-state index in [0.717, 1.165) is 106 Å². The number of nitrogens with zero attached hydrogens (tertiary/aromatic N) is 6. The Kier molecular flexibility index (Phi) is 16.2. The van der Waals surface area contributed by atoms with Crippen LogP contribution in [0.5, 0.6) is 0 Å². The molecule has 6 nitrogen and oxygen atoms in total. The monoisotopic (exact) mass is 1410 g/mol. The summed E-state index contributed by atoms with van der Waals surface area (Å²) in [6.07, 6.45) is 0. The van der Waals surface area contributed by atoms with Gasteiger partial charge in [-0.05, 0) is 103 Å². The lowest BCUT2D eigenvalue weighted by atomic mass is 9.96. The van der Waals surface area contributed by atoms with Crippen LogP contribution in [0.4, 0.5) is 0 Å². The van der Waals surface area contributed by atoms with Gasteiger partial charge in [0.05, 0.1) is 45.2 Å². The molecule has 0 atom stereocenters. The first kappa shape index (κ1) is 63.9. The van der Waals surface area contributed by atoms with Gasteiger partial charge in [0.25, 0.3) is 0 Å². The van der Waals surface area contributed by atoms with Crippen LogP contribution >= 0.6 is 22.7 Å². The van der Waals surface area contributed by atoms with Crippen LogP contribution in [0.15, 0.2) is 376 Å². The van der Waals surface area contributed by atoms with Crippen molar-refractivity contribution in [2.45, 2.75) is 0 Å². The molecule has 0 N–H and O–H groups in total. The van der Waals surface area contributed by atoms with Crippen LogP contribution in [-0.4, -0.2) is 29.9 Å². The molecule has 0 aliphatic carbocycles. The van der Waals surface area contributed by atoms with Crippen LogP contribution in [0.3, 0.4) is 0 Å². The number of thiophene rings is 2. The minimum absolute atomic E-state index is 0.695. The lowest BCUT2D eigenvalue weighted by molar-refractivity contribution is 1.18. The number of hydrogen-bond donors (Lipinski definition) is 0. The molecule has 21 rings (SSSR count). The Labute approximate surface area is 631 Å². The van der Waals surface area contributed by atoms with Crippen molar-refractivity contribution >= 4 is 106 Å². The highest BCUT2D eigenvalue weighted by Gasteiger charge is 2.22. The first-order chi connectivity index (χ1) is 53.5. The van der Waals surface area contributed by atoms with Gasteiger partial charge < -0.3 is 0 Å². The smallest absolute Gasteiger partial charge is 0.160 e. The van der Waals surface area contributed by atoms with Gasteiger partial charge in [-0.25, -0.2) is 29.9 Å². The SMILES string of the molecule is c1ccc(-c2cc(-c3ccc(-c4ccc5nc(-c6cccc7ccccc67)c6c7ccccc7sc6c5c4)cc3)nc(-c3ccccc3)n2)cc1.c1ccc(-c2ccc(-c3cc(-c4ccccc4)nc(-c4ccc(-c5ccc6nc(-c7cccc8ccccc78)c7c8ccccc8sc7c6c5)cc4)n3)cc2)cc1. The normalized spacial score (nSPS) is 11.5. The molecule has 21 aromatic rings. The minimum atomic E-state index is 0.695. The molecule has 0 saturated heterocycles. The third-order valence-corrected chi connectivity index (χ3v) is 23.0. The molecule has 0 fully saturated rings. The van der Waals surface area contributed by atoms with Crippen molar-refractivity contribution in [3.05, 3.63) is 376 Å². The van der Waals surface area contributed by atoms with Crippen molar-refractivity contribution in [2.75, 3.05) is 0 Å². The van der Waals surface area contributed by atoms with Gasteiger partial charge in [-0.3, -0.25) is 0 Å². The Hall–Kier alpha value is -13.8. The van der Waals surface area contributed by atoms with Crippen molar-refractivity contribution in [3.63, 3.8) is 0 Å². The van der Waals surface area contributed by atoms with E-state index in [9.17, 15) is 0 Å². The topological polar surface area (TPSA) is 77.3 Å². The molecule has 504 valence electrons. The number of benzene rings is 15. The average molecular weight is 1410 g/mol. The van der Waals surface area contributed by atoms with E-state index >= 15 is 0 Å². The maximum atomic E-state index is 5.41. The Morgan fingerprint density at radius 1 is 0.185 bits per heavy atom. The van der Waals surface area contributed by atoms with E-state index in [2.05, 4.69) is 328 Å². The molecule has 6 heterocycles. The standard InChI is InChI=1S/C53H33N3S.C47H29N3S/c1-3-12-34(13-4-1)35-22-26-39(27-23-35)48-33-47(38-15-5-2-6-16-38)55-53(56-48)40-28-24-36(25-29-40)41-30-31-46-45(32-41)52-50(44-19-9-10-21-49(44)57-52)51(54-46)43-20-11-17-37-14-7-8-18-42(37)43;1-3-13-32(14-4-1)41-29-42(50-47(49-41)34-15-5-2-6-16-34)33-24-22-30(23-25-33)35-26-27-40-39(28-35)46-44(38-19-9-10-21-43(38)51-46)45(48-40)37-20-11-17-31-12-7-8-18-36(31)37/h1-33H;1-29H. The summed E-state index contributed by atoms with van der Waals surface area (Å²) in [7, 11) is 0. The molecule has 0 saturated carbocycles. The van der Waals surface area contributed by atoms with Crippen LogP contribution in [0.25, 0.3) is 207 Å². The molecule has 6 aromatic heterocycles. The number of pyridine rings is 2. The van der Waals surface area contributed by atoms with Crippen molar-refractivity contribution in [2.24, 2.45) is 0 Å². The zero-order valence-corrected chi connectivity index (χ0v) is 59.9. The third-order valence-electron chi connectivity index (χ3n) is 20.6. The highest BCUT2D eigenvalue weighted by Crippen LogP contribution is 2.48. The van der Waals surface area contributed by atoms with Crippen LogP contribution in [0, 0.1) is 0 Å². The molecule has 0 bridgehead atoms. The lowest BCUT2D eigenvalue weighted by Gasteiger charge is -2.12. The fraction of sp³-hybridized carbons (Fsp3) is 0. The van der Waals surface area contributed by atoms with Crippen molar-refractivity contribution < 1.29 is 0 Å². The third kappa shape index (κ3) is 11.9. The van der Waals surface area contributed by atoms with Crippen molar-refractivity contribution in [1.29, 1.82) is 0 Å². The summed E-state index contributed by atoms with van der Waals surface area (Å²) < 4.78 is 5.07. The second-order valence-corrected chi connectivity index (χ2v) is 29.3. The predicted molar refractivity (Wildman–Crippen MR) is 455 cm³/mol. The molecular formula is C100H62N6S2. The fourth-order valence-corrected chi connectivity index (χ4v) is 17.7. The Morgan fingerprint density at radius 2 is 0.472 bits per heavy atom. The van der Waals surface area contributed by atoms with Crippen LogP contribution in [0.1, 0.15) is 0 Å². The van der Waals surface area contributed by atoms with Gasteiger partial charge in [0.2, 0.25) is 0 Å². The molecular weight excluding hydrogens is 1350 g/mol. The van der Waals surface area contributed by atoms with Gasteiger partial charge in [-0.15, -0.1) is 22.7 Å². The maximum Gasteiger partial charge on any atom is 0.160 e. The number of fused-ring (bicyclic) bond motifs is 12. The number of hydrogen-bond acceptors (Lipinski definition) is 8. The Morgan fingerprint density at radius 3 is 0.889 bits per heavy atom. The molecule has 0 radical (unpaired) electrons. The first-order valence-electron chi connectivity index (χ1n) is 36.3. The van der Waals surface area contributed by atoms with Crippen LogP contribution in [-0.2, 0) is 0 Å². The minimum Gasteiger partial charge on any atom is -0.247 e. The van der Waals surface area contributed by atoms with Gasteiger partial charge in [0.15, 0.2) is 11.6 Å². The quantitative estimate of drug-likeness (QED) is 0.128. The second-order valence-electron chi connectivity index (χ2n) is 27.2. The van der Waals surface area contributed by atoms with Gasteiger partial charge in [-0.2, -0.15) is 0 Å². The summed E-state index contributed by atoms with van der Waals surface area (Å²) >= 11 is 3.70. The van der Waals surface area contributed by atoms with Gasteiger partial charge in [-0.1, -0.05) is 328 Å². The summed E-state index contributed by atoms with van der Waals surface area (Å²) in [6.45, 7) is 0. The van der Waals surface area contributed by atoms with E-state index in [1.54, 1.807) is 0 Å². The molecule has 108 heavy (non-hydrogen) atoms. The zero-order valence-electron chi connectivity index (χ0n) is 58.3. The van der Waals surface area contributed by atoms with Gasteiger partial charge in [0.1, 0.15) is 0 Å². The molecule has 0 unspecified atom stereocenters. The fourth-order valence-electron chi connectivity index (χ4n) is 15.2. The summed E-state index contributed by atoms with van der Waals surface area (Å²) in [4.78, 5) is 31.0. The molecule has 15 aromatic carbocycles. The predicted octanol–water partition coefficient (Wildman–Crippen LogP) is 27.4. The van der Waals surface area contributed by atoms with Crippen LogP contribution in [0.2, 0.25) is 0 Å². The highest BCUT2D eigenvalue weighted by atomic mass is 32.1. The van der Waals surface area contributed by atoms with Gasteiger partial charge >= 0.3 is 0 Å². The van der Waals surface area contributed by atoms with E-state index in [1.165, 1.54) is 89.4 Å². The van der Waals surface area contributed by atoms with E-state index in [0.29, 0.717) is 11.6 Å². The van der Waals surface area contributed by atoms with Crippen molar-refractivity contribution in [1.82, 2.24) is 29.9 Å². The van der Waals surface area contributed by atoms with E-state index < -0.39 is 0 Å². The maximum absolute atomic E-state index is 5.41. The van der Waals surface area contributed by atoms with Gasteiger partial charge in [0, 0.05) is 95.6 Å². The van der Waals surface area contributed by atoms with Crippen LogP contribution < -0.4 is 0 Å². The highest BCUT2D eigenvalue weighted by molar-refractivity contribution is 7.27. The average Bonchev–Trinajstić information content (AvgIpc) is 1.55. The molecule has 0 amide bonds. The van der Waals surface area contributed by atoms with Crippen molar-refractivity contribution in [3.8, 4) is 124 Å². The molecule has 0 aliphatic heterocycles. The molecule has 0 aliphatic rings. The summed E-state index contributed by atoms with van der Waals surface area (Å²) in [5.74, 6) is 1.41.